The van der Waals surface area contributed by atoms with Crippen molar-refractivity contribution in [1.82, 2.24) is 0 Å². The Bertz CT molecular complexity index is 1210. The third-order valence-corrected chi connectivity index (χ3v) is 6.43. The Hall–Kier alpha value is -3.34. The standard InChI is InChI=1S/C29H31FO4/c1-29(2,3)26-12-18(6-10-23(26)25-15-21(32-4)9-11-27(25)30)17-34-22-8-7-19-13-20(24(19)16-22)14-28(31)33-5/h6-12,15-16,20H,13-14,17H2,1-5H3/t20-/m1/s1. The first-order valence-electron chi connectivity index (χ1n) is 11.5. The molecule has 3 aromatic carbocycles. The minimum Gasteiger partial charge on any atom is -0.497 e. The van der Waals surface area contributed by atoms with Crippen LogP contribution in [-0.4, -0.2) is 20.2 Å². The maximum atomic E-state index is 14.7. The van der Waals surface area contributed by atoms with Gasteiger partial charge in [-0.3, -0.25) is 4.79 Å². The number of ether oxygens (including phenoxy) is 3. The first-order chi connectivity index (χ1) is 16.2. The summed E-state index contributed by atoms with van der Waals surface area (Å²) in [7, 11) is 3.00. The Morgan fingerprint density at radius 2 is 1.74 bits per heavy atom. The molecule has 0 heterocycles. The molecule has 0 aliphatic heterocycles. The molecule has 0 spiro atoms. The minimum atomic E-state index is -0.279. The molecule has 4 rings (SSSR count). The van der Waals surface area contributed by atoms with Crippen LogP contribution in [0, 0.1) is 5.82 Å². The number of carbonyl (C=O) groups is 1. The van der Waals surface area contributed by atoms with Crippen molar-refractivity contribution in [1.29, 1.82) is 0 Å². The third-order valence-electron chi connectivity index (χ3n) is 6.43. The van der Waals surface area contributed by atoms with Gasteiger partial charge in [0, 0.05) is 5.56 Å². The van der Waals surface area contributed by atoms with E-state index in [9.17, 15) is 9.18 Å². The Morgan fingerprint density at radius 3 is 2.44 bits per heavy atom. The first-order valence-corrected chi connectivity index (χ1v) is 11.5. The number of benzene rings is 3. The summed E-state index contributed by atoms with van der Waals surface area (Å²) in [6, 6.07) is 16.9. The van der Waals surface area contributed by atoms with Gasteiger partial charge in [-0.05, 0) is 75.9 Å². The van der Waals surface area contributed by atoms with Crippen molar-refractivity contribution in [2.75, 3.05) is 14.2 Å². The molecule has 0 radical (unpaired) electrons. The molecule has 5 heteroatoms. The fraction of sp³-hybridized carbons (Fsp3) is 0.345. The number of carbonyl (C=O) groups excluding carboxylic acids is 1. The third kappa shape index (κ3) is 4.93. The lowest BCUT2D eigenvalue weighted by Gasteiger charge is -2.30. The van der Waals surface area contributed by atoms with E-state index in [2.05, 4.69) is 32.9 Å². The lowest BCUT2D eigenvalue weighted by molar-refractivity contribution is -0.141. The van der Waals surface area contributed by atoms with Crippen molar-refractivity contribution < 1.29 is 23.4 Å². The zero-order chi connectivity index (χ0) is 24.5. The minimum absolute atomic E-state index is 0.190. The summed E-state index contributed by atoms with van der Waals surface area (Å²) in [4.78, 5) is 11.6. The van der Waals surface area contributed by atoms with Crippen LogP contribution in [0.3, 0.4) is 0 Å². The first kappa shape index (κ1) is 23.8. The van der Waals surface area contributed by atoms with Crippen LogP contribution in [0.4, 0.5) is 4.39 Å². The molecule has 0 bridgehead atoms. The maximum absolute atomic E-state index is 14.7. The molecule has 178 valence electrons. The van der Waals surface area contributed by atoms with Crippen LogP contribution in [-0.2, 0) is 28.0 Å². The number of halogens is 1. The lowest BCUT2D eigenvalue weighted by Crippen LogP contribution is -2.21. The van der Waals surface area contributed by atoms with Crippen LogP contribution in [0.5, 0.6) is 11.5 Å². The van der Waals surface area contributed by atoms with E-state index in [0.717, 1.165) is 34.4 Å². The molecule has 0 aromatic heterocycles. The number of rotatable bonds is 7. The number of hydrogen-bond donors (Lipinski definition) is 0. The highest BCUT2D eigenvalue weighted by atomic mass is 19.1. The van der Waals surface area contributed by atoms with Gasteiger partial charge in [-0.15, -0.1) is 0 Å². The molecule has 1 aliphatic rings. The number of methoxy groups -OCH3 is 2. The zero-order valence-electron chi connectivity index (χ0n) is 20.4. The van der Waals surface area contributed by atoms with Crippen molar-refractivity contribution in [3.8, 4) is 22.6 Å². The summed E-state index contributed by atoms with van der Waals surface area (Å²) < 4.78 is 31.0. The van der Waals surface area contributed by atoms with Crippen LogP contribution in [0.2, 0.25) is 0 Å². The average Bonchev–Trinajstić information content (AvgIpc) is 2.81. The van der Waals surface area contributed by atoms with E-state index in [4.69, 9.17) is 14.2 Å². The zero-order valence-corrected chi connectivity index (χ0v) is 20.4. The summed E-state index contributed by atoms with van der Waals surface area (Å²) in [5.74, 6) is 1.11. The fourth-order valence-corrected chi connectivity index (χ4v) is 4.48. The topological polar surface area (TPSA) is 44.8 Å². The summed E-state index contributed by atoms with van der Waals surface area (Å²) in [6.45, 7) is 6.75. The molecule has 0 fully saturated rings. The normalized spacial score (nSPS) is 14.7. The molecule has 1 aliphatic carbocycles. The molecule has 0 N–H and O–H groups in total. The molecule has 4 nitrogen and oxygen atoms in total. The Kier molecular flexibility index (Phi) is 6.65. The van der Waals surface area contributed by atoms with E-state index in [1.807, 2.05) is 24.3 Å². The molecule has 0 saturated carbocycles. The van der Waals surface area contributed by atoms with Crippen LogP contribution in [0.15, 0.2) is 54.6 Å². The van der Waals surface area contributed by atoms with Gasteiger partial charge in [-0.2, -0.15) is 0 Å². The Morgan fingerprint density at radius 1 is 0.971 bits per heavy atom. The molecule has 3 aromatic rings. The average molecular weight is 463 g/mol. The van der Waals surface area contributed by atoms with E-state index in [1.165, 1.54) is 18.7 Å². The molecule has 34 heavy (non-hydrogen) atoms. The molecular weight excluding hydrogens is 431 g/mol. The predicted molar refractivity (Wildman–Crippen MR) is 131 cm³/mol. The monoisotopic (exact) mass is 462 g/mol. The molecule has 0 unspecified atom stereocenters. The molecule has 0 amide bonds. The van der Waals surface area contributed by atoms with Crippen LogP contribution >= 0.6 is 0 Å². The van der Waals surface area contributed by atoms with Crippen LogP contribution in [0.25, 0.3) is 11.1 Å². The summed E-state index contributed by atoms with van der Waals surface area (Å²) in [5.41, 5.74) is 5.62. The second kappa shape index (κ2) is 9.49. The Balaban J connectivity index is 1.56. The highest BCUT2D eigenvalue weighted by Gasteiger charge is 2.29. The van der Waals surface area contributed by atoms with E-state index in [-0.39, 0.29) is 23.1 Å². The number of hydrogen-bond acceptors (Lipinski definition) is 4. The van der Waals surface area contributed by atoms with Gasteiger partial charge in [-0.1, -0.05) is 45.0 Å². The second-order valence-electron chi connectivity index (χ2n) is 9.81. The van der Waals surface area contributed by atoms with Gasteiger partial charge in [0.2, 0.25) is 0 Å². The van der Waals surface area contributed by atoms with Crippen molar-refractivity contribution >= 4 is 5.97 Å². The second-order valence-corrected chi connectivity index (χ2v) is 9.81. The highest BCUT2D eigenvalue weighted by molar-refractivity contribution is 5.72. The summed E-state index contributed by atoms with van der Waals surface area (Å²) >= 11 is 0. The van der Waals surface area contributed by atoms with Crippen molar-refractivity contribution in [3.63, 3.8) is 0 Å². The maximum Gasteiger partial charge on any atom is 0.306 e. The van der Waals surface area contributed by atoms with Gasteiger partial charge in [0.1, 0.15) is 23.9 Å². The predicted octanol–water partition coefficient (Wildman–Crippen LogP) is 6.58. The van der Waals surface area contributed by atoms with Gasteiger partial charge >= 0.3 is 5.97 Å². The van der Waals surface area contributed by atoms with Gasteiger partial charge in [0.05, 0.1) is 20.6 Å². The van der Waals surface area contributed by atoms with Gasteiger partial charge < -0.3 is 14.2 Å². The number of esters is 1. The SMILES string of the molecule is COC(=O)C[C@H]1Cc2ccc(OCc3ccc(-c4cc(OC)ccc4F)c(C(C)(C)C)c3)cc21. The smallest absolute Gasteiger partial charge is 0.306 e. The summed E-state index contributed by atoms with van der Waals surface area (Å²) in [6.07, 6.45) is 1.28. The van der Waals surface area contributed by atoms with Gasteiger partial charge in [0.25, 0.3) is 0 Å². The largest absolute Gasteiger partial charge is 0.497 e. The molecule has 0 saturated heterocycles. The van der Waals surface area contributed by atoms with E-state index < -0.39 is 0 Å². The van der Waals surface area contributed by atoms with E-state index >= 15 is 0 Å². The van der Waals surface area contributed by atoms with Crippen molar-refractivity contribution in [2.24, 2.45) is 0 Å². The number of fused-ring (bicyclic) bond motifs is 1. The summed E-state index contributed by atoms with van der Waals surface area (Å²) in [5, 5.41) is 0. The van der Waals surface area contributed by atoms with Crippen molar-refractivity contribution in [3.05, 3.63) is 82.7 Å². The van der Waals surface area contributed by atoms with E-state index in [0.29, 0.717) is 24.3 Å². The van der Waals surface area contributed by atoms with Crippen LogP contribution in [0.1, 0.15) is 55.4 Å². The van der Waals surface area contributed by atoms with E-state index in [1.54, 1.807) is 19.2 Å². The highest BCUT2D eigenvalue weighted by Crippen LogP contribution is 2.40. The molecular formula is C29H31FO4. The molecule has 1 atom stereocenters. The van der Waals surface area contributed by atoms with Gasteiger partial charge in [0.15, 0.2) is 0 Å². The lowest BCUT2D eigenvalue weighted by atomic mass is 9.76. The van der Waals surface area contributed by atoms with Crippen LogP contribution < -0.4 is 9.47 Å². The van der Waals surface area contributed by atoms with Crippen molar-refractivity contribution in [2.45, 2.75) is 51.6 Å². The quantitative estimate of drug-likeness (QED) is 0.372. The Labute approximate surface area is 200 Å². The fourth-order valence-electron chi connectivity index (χ4n) is 4.48. The van der Waals surface area contributed by atoms with Gasteiger partial charge in [-0.25, -0.2) is 4.39 Å².